The van der Waals surface area contributed by atoms with Crippen LogP contribution < -0.4 is 0 Å². The second-order valence-electron chi connectivity index (χ2n) is 8.32. The van der Waals surface area contributed by atoms with Gasteiger partial charge in [0.2, 0.25) is 0 Å². The van der Waals surface area contributed by atoms with Gasteiger partial charge in [0.1, 0.15) is 0 Å². The molecule has 1 saturated carbocycles. The number of unbranched alkanes of at least 4 members (excludes halogenated alkanes) is 3. The van der Waals surface area contributed by atoms with Gasteiger partial charge in [-0.1, -0.05) is 63.8 Å². The molecule has 0 aromatic heterocycles. The predicted octanol–water partition coefficient (Wildman–Crippen LogP) is 5.33. The predicted molar refractivity (Wildman–Crippen MR) is 115 cm³/mol. The molecule has 1 rings (SSSR count). The van der Waals surface area contributed by atoms with Crippen molar-refractivity contribution in [2.24, 2.45) is 11.8 Å². The van der Waals surface area contributed by atoms with Crippen LogP contribution in [0.4, 0.5) is 0 Å². The molecule has 4 nitrogen and oxygen atoms in total. The Morgan fingerprint density at radius 3 is 2.57 bits per heavy atom. The SMILES string of the molecule is CCCCCC(O)(C=CC1CCC(O)C1C/C=C/CCCC(=O)OC)CCC. The number of methoxy groups -OCH3 is 1. The van der Waals surface area contributed by atoms with Crippen molar-refractivity contribution in [1.82, 2.24) is 0 Å². The molecular weight excluding hydrogens is 352 g/mol. The molecule has 0 aliphatic heterocycles. The minimum Gasteiger partial charge on any atom is -0.469 e. The minimum absolute atomic E-state index is 0.164. The van der Waals surface area contributed by atoms with E-state index in [9.17, 15) is 15.0 Å². The minimum atomic E-state index is -0.703. The van der Waals surface area contributed by atoms with Crippen LogP contribution in [0, 0.1) is 11.8 Å². The maximum atomic E-state index is 11.1. The number of hydrogen-bond donors (Lipinski definition) is 2. The van der Waals surface area contributed by atoms with Gasteiger partial charge in [-0.25, -0.2) is 0 Å². The zero-order chi connectivity index (χ0) is 20.8. The van der Waals surface area contributed by atoms with Gasteiger partial charge >= 0.3 is 5.97 Å². The van der Waals surface area contributed by atoms with Gasteiger partial charge in [-0.2, -0.15) is 0 Å². The number of carbonyl (C=O) groups is 1. The molecule has 1 fully saturated rings. The number of allylic oxidation sites excluding steroid dienone is 3. The normalized spacial score (nSPS) is 24.8. The Morgan fingerprint density at radius 2 is 1.89 bits per heavy atom. The molecule has 162 valence electrons. The lowest BCUT2D eigenvalue weighted by atomic mass is 9.86. The molecule has 0 aromatic carbocycles. The number of aliphatic hydroxyl groups is 2. The molecule has 0 aromatic rings. The quantitative estimate of drug-likeness (QED) is 0.237. The Hall–Kier alpha value is -1.13. The fourth-order valence-corrected chi connectivity index (χ4v) is 4.19. The van der Waals surface area contributed by atoms with Gasteiger partial charge < -0.3 is 14.9 Å². The Bertz CT molecular complexity index is 485. The van der Waals surface area contributed by atoms with Crippen molar-refractivity contribution >= 4 is 5.97 Å². The van der Waals surface area contributed by atoms with E-state index in [0.717, 1.165) is 70.6 Å². The molecule has 2 N–H and O–H groups in total. The van der Waals surface area contributed by atoms with Gasteiger partial charge in [-0.3, -0.25) is 4.79 Å². The zero-order valence-corrected chi connectivity index (χ0v) is 18.2. The molecule has 0 amide bonds. The molecule has 4 unspecified atom stereocenters. The summed E-state index contributed by atoms with van der Waals surface area (Å²) < 4.78 is 4.64. The highest BCUT2D eigenvalue weighted by Crippen LogP contribution is 2.37. The van der Waals surface area contributed by atoms with Gasteiger partial charge in [0, 0.05) is 6.42 Å². The maximum absolute atomic E-state index is 11.1. The number of hydrogen-bond acceptors (Lipinski definition) is 4. The van der Waals surface area contributed by atoms with Crippen LogP contribution in [-0.2, 0) is 9.53 Å². The fraction of sp³-hybridized carbons (Fsp3) is 0.792. The summed E-state index contributed by atoms with van der Waals surface area (Å²) in [6, 6.07) is 0. The molecule has 0 bridgehead atoms. The summed E-state index contributed by atoms with van der Waals surface area (Å²) in [5.74, 6) is 0.377. The van der Waals surface area contributed by atoms with Crippen LogP contribution in [0.15, 0.2) is 24.3 Å². The first-order valence-corrected chi connectivity index (χ1v) is 11.3. The van der Waals surface area contributed by atoms with E-state index in [4.69, 9.17) is 0 Å². The molecule has 0 radical (unpaired) electrons. The maximum Gasteiger partial charge on any atom is 0.305 e. The highest BCUT2D eigenvalue weighted by atomic mass is 16.5. The summed E-state index contributed by atoms with van der Waals surface area (Å²) in [6.07, 6.45) is 18.9. The van der Waals surface area contributed by atoms with Crippen LogP contribution in [-0.4, -0.2) is 35.0 Å². The lowest BCUT2D eigenvalue weighted by Crippen LogP contribution is -2.26. The van der Waals surface area contributed by atoms with Crippen molar-refractivity contribution in [3.8, 4) is 0 Å². The van der Waals surface area contributed by atoms with Crippen LogP contribution in [0.3, 0.4) is 0 Å². The molecule has 0 saturated heterocycles. The smallest absolute Gasteiger partial charge is 0.305 e. The van der Waals surface area contributed by atoms with Crippen molar-refractivity contribution in [3.63, 3.8) is 0 Å². The highest BCUT2D eigenvalue weighted by molar-refractivity contribution is 5.69. The number of ether oxygens (including phenoxy) is 1. The standard InChI is InChI=1S/C24H42O4/c1-4-6-11-18-24(27,17-5-2)19-16-20-14-15-22(25)21(20)12-9-7-8-10-13-23(26)28-3/h7,9,16,19-22,25,27H,4-6,8,10-15,17-18H2,1-3H3/b9-7+,19-16?. The van der Waals surface area contributed by atoms with Crippen LogP contribution in [0.5, 0.6) is 0 Å². The second kappa shape index (κ2) is 13.9. The number of aliphatic hydroxyl groups excluding tert-OH is 1. The van der Waals surface area contributed by atoms with E-state index in [1.165, 1.54) is 7.11 Å². The van der Waals surface area contributed by atoms with Crippen molar-refractivity contribution < 1.29 is 19.7 Å². The summed E-state index contributed by atoms with van der Waals surface area (Å²) in [5, 5.41) is 21.4. The Labute approximate surface area is 172 Å². The third-order valence-corrected chi connectivity index (χ3v) is 5.94. The average molecular weight is 395 g/mol. The highest BCUT2D eigenvalue weighted by Gasteiger charge is 2.33. The number of rotatable bonds is 14. The lowest BCUT2D eigenvalue weighted by Gasteiger charge is -2.26. The van der Waals surface area contributed by atoms with E-state index in [-0.39, 0.29) is 18.0 Å². The summed E-state index contributed by atoms with van der Waals surface area (Å²) in [4.78, 5) is 11.1. The first-order chi connectivity index (χ1) is 13.5. The van der Waals surface area contributed by atoms with Crippen molar-refractivity contribution in [3.05, 3.63) is 24.3 Å². The Kier molecular flexibility index (Phi) is 12.4. The lowest BCUT2D eigenvalue weighted by molar-refractivity contribution is -0.140. The molecular formula is C24H42O4. The Morgan fingerprint density at radius 1 is 1.11 bits per heavy atom. The van der Waals surface area contributed by atoms with Gasteiger partial charge in [0.15, 0.2) is 0 Å². The van der Waals surface area contributed by atoms with E-state index in [1.807, 2.05) is 6.08 Å². The molecule has 4 heteroatoms. The first kappa shape index (κ1) is 24.9. The molecule has 1 aliphatic carbocycles. The van der Waals surface area contributed by atoms with Crippen LogP contribution >= 0.6 is 0 Å². The monoisotopic (exact) mass is 394 g/mol. The fourth-order valence-electron chi connectivity index (χ4n) is 4.19. The largest absolute Gasteiger partial charge is 0.469 e. The van der Waals surface area contributed by atoms with E-state index < -0.39 is 5.60 Å². The van der Waals surface area contributed by atoms with Gasteiger partial charge in [0.25, 0.3) is 0 Å². The molecule has 4 atom stereocenters. The van der Waals surface area contributed by atoms with E-state index in [0.29, 0.717) is 12.3 Å². The van der Waals surface area contributed by atoms with Crippen molar-refractivity contribution in [2.45, 2.75) is 103 Å². The molecule has 0 heterocycles. The molecule has 28 heavy (non-hydrogen) atoms. The van der Waals surface area contributed by atoms with Crippen molar-refractivity contribution in [1.29, 1.82) is 0 Å². The zero-order valence-electron chi connectivity index (χ0n) is 18.2. The number of carbonyl (C=O) groups excluding carboxylic acids is 1. The summed E-state index contributed by atoms with van der Waals surface area (Å²) in [7, 11) is 1.42. The van der Waals surface area contributed by atoms with Crippen LogP contribution in [0.1, 0.15) is 90.9 Å². The molecule has 1 aliphatic rings. The van der Waals surface area contributed by atoms with Crippen LogP contribution in [0.25, 0.3) is 0 Å². The summed E-state index contributed by atoms with van der Waals surface area (Å²) >= 11 is 0. The summed E-state index contributed by atoms with van der Waals surface area (Å²) in [5.41, 5.74) is -0.703. The van der Waals surface area contributed by atoms with E-state index in [1.54, 1.807) is 0 Å². The van der Waals surface area contributed by atoms with Gasteiger partial charge in [-0.15, -0.1) is 0 Å². The summed E-state index contributed by atoms with van der Waals surface area (Å²) in [6.45, 7) is 4.30. The van der Waals surface area contributed by atoms with Crippen LogP contribution in [0.2, 0.25) is 0 Å². The average Bonchev–Trinajstić information content (AvgIpc) is 3.03. The van der Waals surface area contributed by atoms with E-state index in [2.05, 4.69) is 36.8 Å². The van der Waals surface area contributed by atoms with E-state index >= 15 is 0 Å². The topological polar surface area (TPSA) is 66.8 Å². The second-order valence-corrected chi connectivity index (χ2v) is 8.32. The molecule has 0 spiro atoms. The van der Waals surface area contributed by atoms with Crippen molar-refractivity contribution in [2.75, 3.05) is 7.11 Å². The third-order valence-electron chi connectivity index (χ3n) is 5.94. The van der Waals surface area contributed by atoms with Gasteiger partial charge in [-0.05, 0) is 56.8 Å². The van der Waals surface area contributed by atoms with Gasteiger partial charge in [0.05, 0.1) is 18.8 Å². The third kappa shape index (κ3) is 9.38. The Balaban J connectivity index is 2.55. The number of esters is 1. The first-order valence-electron chi connectivity index (χ1n) is 11.3.